The van der Waals surface area contributed by atoms with Crippen LogP contribution in [0.15, 0.2) is 29.2 Å². The summed E-state index contributed by atoms with van der Waals surface area (Å²) in [4.78, 5) is 19.7. The van der Waals surface area contributed by atoms with Crippen molar-refractivity contribution < 1.29 is 0 Å². The van der Waals surface area contributed by atoms with Crippen LogP contribution in [0.1, 0.15) is 17.8 Å². The molecule has 0 saturated heterocycles. The van der Waals surface area contributed by atoms with Crippen LogP contribution in [0.5, 0.6) is 0 Å². The fourth-order valence-corrected chi connectivity index (χ4v) is 3.10. The quantitative estimate of drug-likeness (QED) is 0.418. The minimum absolute atomic E-state index is 0.263. The zero-order valence-corrected chi connectivity index (χ0v) is 16.0. The number of rotatable bonds is 7. The van der Waals surface area contributed by atoms with Gasteiger partial charge in [0.1, 0.15) is 11.3 Å². The summed E-state index contributed by atoms with van der Waals surface area (Å²) in [6, 6.07) is 5.33. The molecule has 28 heavy (non-hydrogen) atoms. The fraction of sp³-hybridized carbons (Fsp3) is 0.250. The average Bonchev–Trinajstić information content (AvgIpc) is 3.33. The molecule has 0 unspecified atom stereocenters. The predicted octanol–water partition coefficient (Wildman–Crippen LogP) is 2.18. The second-order valence-corrected chi connectivity index (χ2v) is 6.88. The summed E-state index contributed by atoms with van der Waals surface area (Å²) in [6.45, 7) is 0.982. The van der Waals surface area contributed by atoms with E-state index in [-0.39, 0.29) is 5.56 Å². The SMILES string of the molecule is O=c1[nH]c(NCc2ccc(Cl)c(Cl)c2)nc2cnn(CCCc3nnn[nH]3)c12. The molecule has 0 fully saturated rings. The lowest BCUT2D eigenvalue weighted by molar-refractivity contribution is 0.585. The summed E-state index contributed by atoms with van der Waals surface area (Å²) >= 11 is 11.9. The summed E-state index contributed by atoms with van der Waals surface area (Å²) in [5.74, 6) is 1.05. The van der Waals surface area contributed by atoms with E-state index in [1.165, 1.54) is 0 Å². The third kappa shape index (κ3) is 3.97. The van der Waals surface area contributed by atoms with E-state index in [4.69, 9.17) is 23.2 Å². The fourth-order valence-electron chi connectivity index (χ4n) is 2.78. The van der Waals surface area contributed by atoms with Gasteiger partial charge in [0.2, 0.25) is 5.95 Å². The molecule has 0 aliphatic carbocycles. The van der Waals surface area contributed by atoms with Crippen LogP contribution in [-0.4, -0.2) is 40.4 Å². The van der Waals surface area contributed by atoms with Crippen molar-refractivity contribution in [1.29, 1.82) is 0 Å². The number of fused-ring (bicyclic) bond motifs is 1. The molecular formula is C16H15Cl2N9O. The van der Waals surface area contributed by atoms with Crippen molar-refractivity contribution in [2.24, 2.45) is 0 Å². The maximum absolute atomic E-state index is 12.5. The Hall–Kier alpha value is -2.98. The van der Waals surface area contributed by atoms with Gasteiger partial charge < -0.3 is 5.32 Å². The van der Waals surface area contributed by atoms with Gasteiger partial charge in [-0.25, -0.2) is 10.1 Å². The van der Waals surface area contributed by atoms with Gasteiger partial charge in [0.05, 0.1) is 16.2 Å². The molecule has 4 aromatic rings. The lowest BCUT2D eigenvalue weighted by Gasteiger charge is -2.07. The molecule has 0 aliphatic heterocycles. The minimum atomic E-state index is -0.263. The largest absolute Gasteiger partial charge is 0.352 e. The zero-order valence-electron chi connectivity index (χ0n) is 14.5. The van der Waals surface area contributed by atoms with Gasteiger partial charge in [0.15, 0.2) is 5.52 Å². The van der Waals surface area contributed by atoms with E-state index in [1.807, 2.05) is 6.07 Å². The molecule has 0 atom stereocenters. The predicted molar refractivity (Wildman–Crippen MR) is 104 cm³/mol. The standard InChI is InChI=1S/C16H15Cl2N9O/c17-10-4-3-9(6-11(10)18)7-19-16-21-12-8-20-27(14(12)15(28)22-16)5-1-2-13-23-25-26-24-13/h3-4,6,8H,1-2,5,7H2,(H2,19,21,22,28)(H,23,24,25,26). The number of nitrogens with zero attached hydrogens (tertiary/aromatic N) is 6. The minimum Gasteiger partial charge on any atom is -0.352 e. The van der Waals surface area contributed by atoms with E-state index >= 15 is 0 Å². The number of hydrogen-bond donors (Lipinski definition) is 3. The molecular weight excluding hydrogens is 405 g/mol. The maximum Gasteiger partial charge on any atom is 0.278 e. The molecule has 10 nitrogen and oxygen atoms in total. The second kappa shape index (κ2) is 7.95. The van der Waals surface area contributed by atoms with Crippen molar-refractivity contribution in [3.8, 4) is 0 Å². The summed E-state index contributed by atoms with van der Waals surface area (Å²) in [5, 5.41) is 21.9. The van der Waals surface area contributed by atoms with E-state index in [9.17, 15) is 4.79 Å². The van der Waals surface area contributed by atoms with Crippen molar-refractivity contribution in [2.75, 3.05) is 5.32 Å². The number of anilines is 1. The number of aryl methyl sites for hydroxylation is 2. The molecule has 144 valence electrons. The van der Waals surface area contributed by atoms with Crippen molar-refractivity contribution in [1.82, 2.24) is 40.4 Å². The molecule has 0 aliphatic rings. The van der Waals surface area contributed by atoms with Crippen molar-refractivity contribution >= 4 is 40.2 Å². The van der Waals surface area contributed by atoms with E-state index in [0.29, 0.717) is 52.4 Å². The number of nitrogens with one attached hydrogen (secondary N) is 3. The van der Waals surface area contributed by atoms with Crippen LogP contribution >= 0.6 is 23.2 Å². The van der Waals surface area contributed by atoms with Crippen molar-refractivity contribution in [3.63, 3.8) is 0 Å². The summed E-state index contributed by atoms with van der Waals surface area (Å²) in [7, 11) is 0. The van der Waals surface area contributed by atoms with Gasteiger partial charge in [-0.1, -0.05) is 29.3 Å². The van der Waals surface area contributed by atoms with Gasteiger partial charge >= 0.3 is 0 Å². The zero-order chi connectivity index (χ0) is 19.5. The maximum atomic E-state index is 12.5. The topological polar surface area (TPSA) is 130 Å². The van der Waals surface area contributed by atoms with E-state index in [0.717, 1.165) is 12.0 Å². The Labute approximate surface area is 168 Å². The highest BCUT2D eigenvalue weighted by Gasteiger charge is 2.11. The van der Waals surface area contributed by atoms with Gasteiger partial charge in [-0.2, -0.15) is 5.10 Å². The van der Waals surface area contributed by atoms with E-state index in [2.05, 4.69) is 41.0 Å². The summed E-state index contributed by atoms with van der Waals surface area (Å²) in [5.41, 5.74) is 1.59. The molecule has 4 rings (SSSR count). The first-order chi connectivity index (χ1) is 13.6. The first kappa shape index (κ1) is 18.4. The molecule has 12 heteroatoms. The van der Waals surface area contributed by atoms with E-state index < -0.39 is 0 Å². The number of halogens is 2. The van der Waals surface area contributed by atoms with Crippen molar-refractivity contribution in [3.05, 3.63) is 56.2 Å². The number of aromatic amines is 2. The number of aromatic nitrogens is 8. The number of tetrazole rings is 1. The highest BCUT2D eigenvalue weighted by molar-refractivity contribution is 6.42. The Morgan fingerprint density at radius 3 is 2.89 bits per heavy atom. The Kier molecular flexibility index (Phi) is 5.22. The Morgan fingerprint density at radius 2 is 2.11 bits per heavy atom. The van der Waals surface area contributed by atoms with Gasteiger partial charge in [-0.3, -0.25) is 14.5 Å². The van der Waals surface area contributed by atoms with Gasteiger partial charge in [0.25, 0.3) is 5.56 Å². The van der Waals surface area contributed by atoms with Crippen LogP contribution < -0.4 is 10.9 Å². The van der Waals surface area contributed by atoms with Crippen molar-refractivity contribution in [2.45, 2.75) is 25.9 Å². The summed E-state index contributed by atoms with van der Waals surface area (Å²) < 4.78 is 1.63. The molecule has 0 bridgehead atoms. The monoisotopic (exact) mass is 419 g/mol. The molecule has 3 aromatic heterocycles. The number of benzene rings is 1. The van der Waals surface area contributed by atoms with Crippen LogP contribution in [0.25, 0.3) is 11.0 Å². The third-order valence-corrected chi connectivity index (χ3v) is 4.86. The van der Waals surface area contributed by atoms with E-state index in [1.54, 1.807) is 23.0 Å². The van der Waals surface area contributed by atoms with Crippen LogP contribution in [-0.2, 0) is 19.5 Å². The van der Waals surface area contributed by atoms with Crippen LogP contribution in [0.3, 0.4) is 0 Å². The van der Waals surface area contributed by atoms with Gasteiger partial charge in [0, 0.05) is 19.5 Å². The summed E-state index contributed by atoms with van der Waals surface area (Å²) in [6.07, 6.45) is 2.96. The Morgan fingerprint density at radius 1 is 1.21 bits per heavy atom. The molecule has 3 N–H and O–H groups in total. The highest BCUT2D eigenvalue weighted by atomic mass is 35.5. The Bertz CT molecular complexity index is 1150. The normalized spacial score (nSPS) is 11.2. The molecule has 0 spiro atoms. The number of hydrogen-bond acceptors (Lipinski definition) is 7. The first-order valence-electron chi connectivity index (χ1n) is 8.46. The molecule has 1 aromatic carbocycles. The average molecular weight is 420 g/mol. The smallest absolute Gasteiger partial charge is 0.278 e. The molecule has 0 radical (unpaired) electrons. The number of H-pyrrole nitrogens is 2. The molecule has 3 heterocycles. The Balaban J connectivity index is 1.46. The third-order valence-electron chi connectivity index (χ3n) is 4.12. The molecule has 0 saturated carbocycles. The lowest BCUT2D eigenvalue weighted by Crippen LogP contribution is -2.16. The first-order valence-corrected chi connectivity index (χ1v) is 9.22. The van der Waals surface area contributed by atoms with Gasteiger partial charge in [-0.15, -0.1) is 5.10 Å². The second-order valence-electron chi connectivity index (χ2n) is 6.07. The van der Waals surface area contributed by atoms with Crippen LogP contribution in [0, 0.1) is 0 Å². The van der Waals surface area contributed by atoms with Gasteiger partial charge in [-0.05, 0) is 34.5 Å². The van der Waals surface area contributed by atoms with Crippen LogP contribution in [0.4, 0.5) is 5.95 Å². The lowest BCUT2D eigenvalue weighted by atomic mass is 10.2. The van der Waals surface area contributed by atoms with Crippen LogP contribution in [0.2, 0.25) is 10.0 Å². The molecule has 0 amide bonds. The highest BCUT2D eigenvalue weighted by Crippen LogP contribution is 2.22.